The average Bonchev–Trinajstić information content (AvgIpc) is 2.07. The van der Waals surface area contributed by atoms with Crippen LogP contribution in [0.3, 0.4) is 0 Å². The second-order valence-corrected chi connectivity index (χ2v) is 3.18. The van der Waals surface area contributed by atoms with E-state index in [2.05, 4.69) is 23.7 Å². The smallest absolute Gasteiger partial charge is 0.0877 e. The monoisotopic (exact) mass is 168 g/mol. The molecule has 0 rings (SSSR count). The molecule has 0 bridgehead atoms. The molecule has 0 unspecified atom stereocenters. The zero-order valence-corrected chi connectivity index (χ0v) is 7.80. The maximum atomic E-state index is 5.30. The van der Waals surface area contributed by atoms with Crippen molar-refractivity contribution in [2.45, 2.75) is 19.8 Å². The quantitative estimate of drug-likeness (QED) is 0.565. The van der Waals surface area contributed by atoms with Gasteiger partial charge < -0.3 is 0 Å². The van der Waals surface area contributed by atoms with E-state index < -0.39 is 0 Å². The zero-order chi connectivity index (χ0) is 10.3. The largest absolute Gasteiger partial charge is 0.120 e. The van der Waals surface area contributed by atoms with Crippen LogP contribution in [-0.4, -0.2) is 0 Å². The molecule has 0 saturated carbocycles. The molecule has 0 aliphatic carbocycles. The first kappa shape index (κ1) is 11.2. The van der Waals surface area contributed by atoms with Crippen molar-refractivity contribution in [3.05, 3.63) is 0 Å². The fourth-order valence-electron chi connectivity index (χ4n) is 1.18. The van der Waals surface area contributed by atoms with Gasteiger partial charge in [-0.2, -0.15) is 0 Å². The highest BCUT2D eigenvalue weighted by atomic mass is 14.3. The Labute approximate surface area is 81.1 Å². The van der Waals surface area contributed by atoms with E-state index in [1.165, 1.54) is 0 Å². The van der Waals surface area contributed by atoms with E-state index in [1.54, 1.807) is 0 Å². The van der Waals surface area contributed by atoms with E-state index in [0.717, 1.165) is 0 Å². The predicted octanol–water partition coefficient (Wildman–Crippen LogP) is 1.92. The van der Waals surface area contributed by atoms with Crippen LogP contribution in [0.5, 0.6) is 0 Å². The number of hydrogen-bond acceptors (Lipinski definition) is 0. The standard InChI is InChI=1S/C13H12/c1-6-10-13(5,11-7-2)12(8-3)9-4/h1-4,12H,10-11H2,5H3. The number of rotatable bonds is 3. The average molecular weight is 168 g/mol. The molecule has 0 atom stereocenters. The third-order valence-corrected chi connectivity index (χ3v) is 2.04. The van der Waals surface area contributed by atoms with Crippen LogP contribution in [0.1, 0.15) is 19.8 Å². The highest BCUT2D eigenvalue weighted by Gasteiger charge is 2.30. The topological polar surface area (TPSA) is 0 Å². The lowest BCUT2D eigenvalue weighted by Crippen LogP contribution is -2.24. The SMILES string of the molecule is C#CCC(C)(CC#C)C(C#C)C#C. The van der Waals surface area contributed by atoms with E-state index >= 15 is 0 Å². The summed E-state index contributed by atoms with van der Waals surface area (Å²) in [4.78, 5) is 0. The van der Waals surface area contributed by atoms with Gasteiger partial charge in [0.1, 0.15) is 0 Å². The van der Waals surface area contributed by atoms with Gasteiger partial charge in [-0.15, -0.1) is 37.5 Å². The molecule has 0 aliphatic heterocycles. The summed E-state index contributed by atoms with van der Waals surface area (Å²) in [6.45, 7) is 1.93. The summed E-state index contributed by atoms with van der Waals surface area (Å²) in [7, 11) is 0. The van der Waals surface area contributed by atoms with Gasteiger partial charge in [0.15, 0.2) is 0 Å². The van der Waals surface area contributed by atoms with E-state index in [9.17, 15) is 0 Å². The van der Waals surface area contributed by atoms with Gasteiger partial charge in [-0.25, -0.2) is 0 Å². The molecule has 0 fully saturated rings. The van der Waals surface area contributed by atoms with Gasteiger partial charge in [0.25, 0.3) is 0 Å². The first-order valence-corrected chi connectivity index (χ1v) is 3.93. The Balaban J connectivity index is 4.84. The molecule has 0 amide bonds. The molecule has 0 saturated heterocycles. The lowest BCUT2D eigenvalue weighted by Gasteiger charge is -2.27. The minimum Gasteiger partial charge on any atom is -0.120 e. The first-order valence-electron chi connectivity index (χ1n) is 3.93. The third kappa shape index (κ3) is 2.64. The Kier molecular flexibility index (Phi) is 4.31. The molecule has 0 aliphatic rings. The first-order chi connectivity index (χ1) is 6.14. The van der Waals surface area contributed by atoms with Crippen molar-refractivity contribution < 1.29 is 0 Å². The van der Waals surface area contributed by atoms with Gasteiger partial charge in [-0.05, 0) is 0 Å². The van der Waals surface area contributed by atoms with Crippen LogP contribution >= 0.6 is 0 Å². The van der Waals surface area contributed by atoms with Crippen molar-refractivity contribution in [1.82, 2.24) is 0 Å². The molecule has 0 aromatic heterocycles. The van der Waals surface area contributed by atoms with Crippen LogP contribution in [0.4, 0.5) is 0 Å². The van der Waals surface area contributed by atoms with E-state index in [0.29, 0.717) is 12.8 Å². The van der Waals surface area contributed by atoms with E-state index in [-0.39, 0.29) is 11.3 Å². The van der Waals surface area contributed by atoms with Crippen LogP contribution in [0.15, 0.2) is 0 Å². The van der Waals surface area contributed by atoms with Gasteiger partial charge in [0, 0.05) is 18.3 Å². The van der Waals surface area contributed by atoms with Crippen molar-refractivity contribution in [2.75, 3.05) is 0 Å². The molecule has 0 spiro atoms. The number of terminal acetylenes is 4. The predicted molar refractivity (Wildman–Crippen MR) is 56.2 cm³/mol. The van der Waals surface area contributed by atoms with Crippen molar-refractivity contribution >= 4 is 0 Å². The lowest BCUT2D eigenvalue weighted by atomic mass is 9.73. The summed E-state index contributed by atoms with van der Waals surface area (Å²) in [6, 6.07) is 0. The number of hydrogen-bond donors (Lipinski definition) is 0. The minimum atomic E-state index is -0.326. The molecular weight excluding hydrogens is 156 g/mol. The third-order valence-electron chi connectivity index (χ3n) is 2.04. The summed E-state index contributed by atoms with van der Waals surface area (Å²) >= 11 is 0. The summed E-state index contributed by atoms with van der Waals surface area (Å²) in [5.74, 6) is 9.89. The van der Waals surface area contributed by atoms with E-state index in [4.69, 9.17) is 25.7 Å². The van der Waals surface area contributed by atoms with Gasteiger partial charge in [0.05, 0.1) is 5.92 Å². The Morgan fingerprint density at radius 3 is 1.62 bits per heavy atom. The van der Waals surface area contributed by atoms with Gasteiger partial charge in [-0.3, -0.25) is 0 Å². The molecule has 0 nitrogen and oxygen atoms in total. The van der Waals surface area contributed by atoms with Gasteiger partial charge >= 0.3 is 0 Å². The Bertz CT molecular complexity index is 289. The van der Waals surface area contributed by atoms with Crippen LogP contribution in [-0.2, 0) is 0 Å². The highest BCUT2D eigenvalue weighted by Crippen LogP contribution is 2.33. The van der Waals surface area contributed by atoms with Crippen LogP contribution in [0, 0.1) is 60.7 Å². The minimum absolute atomic E-state index is 0.292. The molecule has 0 aromatic rings. The Hall–Kier alpha value is -1.76. The van der Waals surface area contributed by atoms with Gasteiger partial charge in [-0.1, -0.05) is 18.8 Å². The van der Waals surface area contributed by atoms with Crippen LogP contribution in [0.25, 0.3) is 0 Å². The molecule has 64 valence electrons. The normalized spacial score (nSPS) is 9.38. The molecule has 0 heteroatoms. The summed E-state index contributed by atoms with van der Waals surface area (Å²) < 4.78 is 0. The van der Waals surface area contributed by atoms with Crippen molar-refractivity contribution in [3.8, 4) is 49.4 Å². The van der Waals surface area contributed by atoms with Crippen molar-refractivity contribution in [1.29, 1.82) is 0 Å². The molecule has 13 heavy (non-hydrogen) atoms. The molecule has 0 heterocycles. The van der Waals surface area contributed by atoms with Crippen LogP contribution in [0.2, 0.25) is 0 Å². The van der Waals surface area contributed by atoms with Gasteiger partial charge in [0.2, 0.25) is 0 Å². The molecule has 0 N–H and O–H groups in total. The van der Waals surface area contributed by atoms with E-state index in [1.807, 2.05) is 6.92 Å². The summed E-state index contributed by atoms with van der Waals surface area (Å²) in [5.41, 5.74) is -0.326. The lowest BCUT2D eigenvalue weighted by molar-refractivity contribution is 0.299. The highest BCUT2D eigenvalue weighted by molar-refractivity contribution is 5.19. The fraction of sp³-hybridized carbons (Fsp3) is 0.385. The zero-order valence-electron chi connectivity index (χ0n) is 7.80. The fourth-order valence-corrected chi connectivity index (χ4v) is 1.18. The van der Waals surface area contributed by atoms with Crippen molar-refractivity contribution in [2.24, 2.45) is 11.3 Å². The maximum absolute atomic E-state index is 5.30. The Morgan fingerprint density at radius 2 is 1.38 bits per heavy atom. The van der Waals surface area contributed by atoms with Crippen molar-refractivity contribution in [3.63, 3.8) is 0 Å². The summed E-state index contributed by atoms with van der Waals surface area (Å²) in [5, 5.41) is 0. The molecular formula is C13H12. The molecule has 0 radical (unpaired) electrons. The van der Waals surface area contributed by atoms with Crippen LogP contribution < -0.4 is 0 Å². The summed E-state index contributed by atoms with van der Waals surface area (Å²) in [6.07, 6.45) is 22.1. The Morgan fingerprint density at radius 1 is 1.00 bits per heavy atom. The molecule has 0 aromatic carbocycles. The maximum Gasteiger partial charge on any atom is 0.0877 e. The second kappa shape index (κ2) is 4.99. The second-order valence-electron chi connectivity index (χ2n) is 3.18.